The summed E-state index contributed by atoms with van der Waals surface area (Å²) in [6.07, 6.45) is 6.65. The number of amides is 2. The van der Waals surface area contributed by atoms with Crippen molar-refractivity contribution < 1.29 is 38.1 Å². The van der Waals surface area contributed by atoms with Gasteiger partial charge in [-0.2, -0.15) is 0 Å². The SMILES string of the molecule is COC1CC(C)C(OC)C2=CC(=O)C=C(NC(=O)/C(C)=C/C=C\C(C)C(OC(N)=O)/C(C)=C/C(C)C1OC)C2=O. The number of Topliss-reactive ketones (excluding diaryl/α,β-unsaturated/α-hetero) is 1. The van der Waals surface area contributed by atoms with Crippen molar-refractivity contribution in [1.82, 2.24) is 5.32 Å². The summed E-state index contributed by atoms with van der Waals surface area (Å²) in [6.45, 7) is 9.17. The molecule has 2 aliphatic rings. The number of ether oxygens (including phenoxy) is 4. The van der Waals surface area contributed by atoms with E-state index < -0.39 is 48.0 Å². The lowest BCUT2D eigenvalue weighted by Crippen LogP contribution is -2.40. The standard InChI is InChI=1S/C30H42N2O8/c1-16-10-9-11-17(2)29(35)32-23-15-21(33)14-22(25(23)34)27(38-7)20(5)13-24(37-6)28(39-8)19(4)12-18(3)26(16)40-30(31)36/h9-12,14-16,19-20,24,26-28H,13H2,1-8H3,(H2,31,36)(H,32,35)/b10-9-,17-11+,18-12+. The highest BCUT2D eigenvalue weighted by Gasteiger charge is 2.36. The van der Waals surface area contributed by atoms with Crippen LogP contribution >= 0.6 is 0 Å². The number of primary amides is 1. The molecule has 7 unspecified atom stereocenters. The van der Waals surface area contributed by atoms with Crippen LogP contribution in [0.1, 0.15) is 41.0 Å². The number of nitrogens with one attached hydrogen (secondary N) is 1. The van der Waals surface area contributed by atoms with Crippen LogP contribution in [-0.4, -0.2) is 69.3 Å². The van der Waals surface area contributed by atoms with E-state index in [0.717, 1.165) is 11.6 Å². The van der Waals surface area contributed by atoms with Crippen molar-refractivity contribution in [3.63, 3.8) is 0 Å². The van der Waals surface area contributed by atoms with E-state index in [9.17, 15) is 19.2 Å². The minimum absolute atomic E-state index is 0.119. The smallest absolute Gasteiger partial charge is 0.405 e. The summed E-state index contributed by atoms with van der Waals surface area (Å²) in [5, 5.41) is 2.56. The van der Waals surface area contributed by atoms with Gasteiger partial charge in [-0.25, -0.2) is 4.79 Å². The summed E-state index contributed by atoms with van der Waals surface area (Å²) in [5.41, 5.74) is 6.49. The number of nitrogens with two attached hydrogens (primary N) is 1. The van der Waals surface area contributed by atoms with Gasteiger partial charge in [0.05, 0.1) is 24.0 Å². The van der Waals surface area contributed by atoms with E-state index in [0.29, 0.717) is 12.0 Å². The molecule has 0 aromatic carbocycles. The van der Waals surface area contributed by atoms with E-state index in [1.54, 1.807) is 39.4 Å². The molecule has 0 spiro atoms. The van der Waals surface area contributed by atoms with Gasteiger partial charge in [0.25, 0.3) is 5.91 Å². The van der Waals surface area contributed by atoms with Gasteiger partial charge in [-0.1, -0.05) is 45.1 Å². The Balaban J connectivity index is 2.62. The molecule has 0 fully saturated rings. The topological polar surface area (TPSA) is 143 Å². The normalized spacial score (nSPS) is 34.4. The van der Waals surface area contributed by atoms with Gasteiger partial charge in [-0.05, 0) is 37.8 Å². The monoisotopic (exact) mass is 558 g/mol. The Kier molecular flexibility index (Phi) is 12.2. The van der Waals surface area contributed by atoms with Gasteiger partial charge in [0, 0.05) is 50.4 Å². The van der Waals surface area contributed by atoms with Crippen LogP contribution < -0.4 is 11.1 Å². The van der Waals surface area contributed by atoms with Crippen molar-refractivity contribution >= 4 is 23.6 Å². The second-order valence-electron chi connectivity index (χ2n) is 10.4. The van der Waals surface area contributed by atoms with Gasteiger partial charge < -0.3 is 30.0 Å². The molecule has 2 amide bonds. The summed E-state index contributed by atoms with van der Waals surface area (Å²) in [7, 11) is 4.64. The molecule has 0 radical (unpaired) electrons. The van der Waals surface area contributed by atoms with Crippen molar-refractivity contribution in [3.05, 3.63) is 58.9 Å². The van der Waals surface area contributed by atoms with Crippen molar-refractivity contribution in [2.75, 3.05) is 21.3 Å². The number of methoxy groups -OCH3 is 3. The fourth-order valence-corrected chi connectivity index (χ4v) is 5.27. The van der Waals surface area contributed by atoms with E-state index >= 15 is 0 Å². The number of hydrogen-bond acceptors (Lipinski definition) is 8. The maximum Gasteiger partial charge on any atom is 0.405 e. The Hall–Kier alpha value is -3.34. The summed E-state index contributed by atoms with van der Waals surface area (Å²) >= 11 is 0. The second-order valence-corrected chi connectivity index (χ2v) is 10.4. The molecule has 10 heteroatoms. The molecular formula is C30H42N2O8. The van der Waals surface area contributed by atoms with E-state index in [2.05, 4.69) is 5.32 Å². The van der Waals surface area contributed by atoms with Gasteiger partial charge in [-0.3, -0.25) is 14.4 Å². The first kappa shape index (κ1) is 32.9. The molecule has 0 aromatic heterocycles. The molecule has 40 heavy (non-hydrogen) atoms. The quantitative estimate of drug-likeness (QED) is 0.395. The number of fused-ring (bicyclic) bond motifs is 2. The fourth-order valence-electron chi connectivity index (χ4n) is 5.27. The van der Waals surface area contributed by atoms with Gasteiger partial charge in [0.1, 0.15) is 6.10 Å². The van der Waals surface area contributed by atoms with E-state index in [1.807, 2.05) is 33.8 Å². The first-order valence-corrected chi connectivity index (χ1v) is 13.3. The molecule has 0 aromatic rings. The highest BCUT2D eigenvalue weighted by atomic mass is 16.6. The number of carbonyl (C=O) groups is 4. The van der Waals surface area contributed by atoms with Gasteiger partial charge in [0.2, 0.25) is 5.78 Å². The van der Waals surface area contributed by atoms with Crippen molar-refractivity contribution in [1.29, 1.82) is 0 Å². The van der Waals surface area contributed by atoms with Crippen LogP contribution in [0.5, 0.6) is 0 Å². The molecule has 2 bridgehead atoms. The third-order valence-electron chi connectivity index (χ3n) is 7.29. The van der Waals surface area contributed by atoms with Crippen LogP contribution in [0.4, 0.5) is 4.79 Å². The number of ketones is 2. The summed E-state index contributed by atoms with van der Waals surface area (Å²) in [4.78, 5) is 50.5. The molecule has 0 saturated heterocycles. The third-order valence-corrected chi connectivity index (χ3v) is 7.29. The molecule has 2 rings (SSSR count). The number of hydrogen-bond donors (Lipinski definition) is 2. The molecular weight excluding hydrogens is 516 g/mol. The zero-order valence-electron chi connectivity index (χ0n) is 24.6. The first-order chi connectivity index (χ1) is 18.8. The van der Waals surface area contributed by atoms with Crippen LogP contribution in [0.2, 0.25) is 0 Å². The lowest BCUT2D eigenvalue weighted by atomic mass is 9.83. The molecule has 1 aliphatic heterocycles. The minimum atomic E-state index is -0.902. The predicted octanol–water partition coefficient (Wildman–Crippen LogP) is 3.33. The fraction of sp³-hybridized carbons (Fsp3) is 0.533. The molecule has 1 aliphatic carbocycles. The maximum atomic E-state index is 13.4. The lowest BCUT2D eigenvalue weighted by Gasteiger charge is -2.34. The Morgan fingerprint density at radius 2 is 1.62 bits per heavy atom. The first-order valence-electron chi connectivity index (χ1n) is 13.3. The summed E-state index contributed by atoms with van der Waals surface area (Å²) in [5.74, 6) is -2.19. The van der Waals surface area contributed by atoms with Gasteiger partial charge in [-0.15, -0.1) is 0 Å². The largest absolute Gasteiger partial charge is 0.441 e. The summed E-state index contributed by atoms with van der Waals surface area (Å²) in [6, 6.07) is 0. The Bertz CT molecular complexity index is 1130. The molecule has 3 N–H and O–H groups in total. The van der Waals surface area contributed by atoms with Crippen LogP contribution in [0.3, 0.4) is 0 Å². The van der Waals surface area contributed by atoms with Crippen LogP contribution in [0.25, 0.3) is 0 Å². The van der Waals surface area contributed by atoms with Crippen molar-refractivity contribution in [2.45, 2.75) is 65.5 Å². The van der Waals surface area contributed by atoms with Crippen molar-refractivity contribution in [3.8, 4) is 0 Å². The average Bonchev–Trinajstić information content (AvgIpc) is 2.88. The zero-order valence-corrected chi connectivity index (χ0v) is 24.6. The average molecular weight is 559 g/mol. The molecule has 7 atom stereocenters. The van der Waals surface area contributed by atoms with E-state index in [1.165, 1.54) is 13.2 Å². The molecule has 220 valence electrons. The van der Waals surface area contributed by atoms with Crippen LogP contribution in [-0.2, 0) is 33.3 Å². The zero-order chi connectivity index (χ0) is 30.1. The second kappa shape index (κ2) is 14.9. The summed E-state index contributed by atoms with van der Waals surface area (Å²) < 4.78 is 22.9. The van der Waals surface area contributed by atoms with E-state index in [-0.39, 0.29) is 29.0 Å². The number of allylic oxidation sites excluding steroid dienone is 5. The minimum Gasteiger partial charge on any atom is -0.441 e. The Morgan fingerprint density at radius 3 is 2.20 bits per heavy atom. The Morgan fingerprint density at radius 1 is 0.950 bits per heavy atom. The highest BCUT2D eigenvalue weighted by Crippen LogP contribution is 2.30. The third kappa shape index (κ3) is 8.33. The predicted molar refractivity (Wildman–Crippen MR) is 150 cm³/mol. The number of carbonyl (C=O) groups excluding carboxylic acids is 4. The van der Waals surface area contributed by atoms with Gasteiger partial charge >= 0.3 is 6.09 Å². The van der Waals surface area contributed by atoms with Crippen LogP contribution in [0.15, 0.2) is 58.9 Å². The van der Waals surface area contributed by atoms with Crippen molar-refractivity contribution in [2.24, 2.45) is 23.5 Å². The van der Waals surface area contributed by atoms with Crippen LogP contribution in [0, 0.1) is 17.8 Å². The lowest BCUT2D eigenvalue weighted by molar-refractivity contribution is -0.120. The molecule has 10 nitrogen and oxygen atoms in total. The molecule has 0 saturated carbocycles. The van der Waals surface area contributed by atoms with Gasteiger partial charge in [0.15, 0.2) is 5.78 Å². The maximum absolute atomic E-state index is 13.4. The highest BCUT2D eigenvalue weighted by molar-refractivity contribution is 6.22. The number of rotatable bonds is 4. The Labute approximate surface area is 236 Å². The van der Waals surface area contributed by atoms with E-state index in [4.69, 9.17) is 24.7 Å². The molecule has 1 heterocycles.